The number of benzene rings is 1. The van der Waals surface area contributed by atoms with Crippen molar-refractivity contribution < 1.29 is 4.74 Å². The molecule has 1 unspecified atom stereocenters. The molecule has 0 spiro atoms. The molecule has 17 heavy (non-hydrogen) atoms. The number of ether oxygens (including phenoxy) is 1. The Balaban J connectivity index is 2.28. The van der Waals surface area contributed by atoms with Gasteiger partial charge in [0.2, 0.25) is 0 Å². The molecule has 96 valence electrons. The molecule has 1 atom stereocenters. The van der Waals surface area contributed by atoms with Crippen LogP contribution in [0.2, 0.25) is 0 Å². The third-order valence-electron chi connectivity index (χ3n) is 3.09. The Morgan fingerprint density at radius 2 is 2.18 bits per heavy atom. The quantitative estimate of drug-likeness (QED) is 0.737. The summed E-state index contributed by atoms with van der Waals surface area (Å²) < 4.78 is 5.15. The second-order valence-electron chi connectivity index (χ2n) is 4.63. The summed E-state index contributed by atoms with van der Waals surface area (Å²) in [6.07, 6.45) is 2.23. The zero-order chi connectivity index (χ0) is 12.7. The lowest BCUT2D eigenvalue weighted by Crippen LogP contribution is -2.33. The maximum atomic E-state index is 5.75. The van der Waals surface area contributed by atoms with Crippen LogP contribution in [0.15, 0.2) is 24.3 Å². The molecule has 3 heteroatoms. The highest BCUT2D eigenvalue weighted by molar-refractivity contribution is 5.40. The number of aryl methyl sites for hydroxylation is 1. The highest BCUT2D eigenvalue weighted by Crippen LogP contribution is 2.09. The number of nitrogen functional groups attached to an aromatic ring is 1. The predicted molar refractivity (Wildman–Crippen MR) is 73.1 cm³/mol. The molecule has 0 aliphatic rings. The van der Waals surface area contributed by atoms with Crippen LogP contribution in [0.1, 0.15) is 18.9 Å². The number of hydrogen-bond donors (Lipinski definition) is 1. The molecule has 0 fully saturated rings. The Bertz CT molecular complexity index is 328. The lowest BCUT2D eigenvalue weighted by atomic mass is 10.1. The number of nitrogens with two attached hydrogens (primary N) is 1. The first-order valence-electron chi connectivity index (χ1n) is 6.17. The SMILES string of the molecule is COCC(C)N(C)CCCc1cccc(N)c1. The molecule has 0 amide bonds. The van der Waals surface area contributed by atoms with Crippen molar-refractivity contribution in [2.24, 2.45) is 0 Å². The van der Waals surface area contributed by atoms with Crippen molar-refractivity contribution in [3.63, 3.8) is 0 Å². The van der Waals surface area contributed by atoms with Crippen LogP contribution < -0.4 is 5.73 Å². The second kappa shape index (κ2) is 7.30. The maximum Gasteiger partial charge on any atom is 0.0615 e. The summed E-state index contributed by atoms with van der Waals surface area (Å²) in [6, 6.07) is 8.60. The van der Waals surface area contributed by atoms with Gasteiger partial charge in [-0.3, -0.25) is 0 Å². The average Bonchev–Trinajstić information content (AvgIpc) is 2.29. The van der Waals surface area contributed by atoms with Gasteiger partial charge in [0.05, 0.1) is 6.61 Å². The number of methoxy groups -OCH3 is 1. The largest absolute Gasteiger partial charge is 0.399 e. The van der Waals surface area contributed by atoms with Gasteiger partial charge in [-0.25, -0.2) is 0 Å². The summed E-state index contributed by atoms with van der Waals surface area (Å²) in [6.45, 7) is 4.05. The van der Waals surface area contributed by atoms with E-state index in [1.165, 1.54) is 5.56 Å². The third-order valence-corrected chi connectivity index (χ3v) is 3.09. The average molecular weight is 236 g/mol. The Morgan fingerprint density at radius 3 is 2.82 bits per heavy atom. The van der Waals surface area contributed by atoms with Crippen LogP contribution >= 0.6 is 0 Å². The maximum absolute atomic E-state index is 5.75. The molecule has 2 N–H and O–H groups in total. The highest BCUT2D eigenvalue weighted by Gasteiger charge is 2.07. The first-order chi connectivity index (χ1) is 8.13. The van der Waals surface area contributed by atoms with Crippen LogP contribution in [0.25, 0.3) is 0 Å². The van der Waals surface area contributed by atoms with Crippen LogP contribution in [0.3, 0.4) is 0 Å². The molecule has 1 aromatic carbocycles. The van der Waals surface area contributed by atoms with Crippen molar-refractivity contribution in [1.82, 2.24) is 4.90 Å². The van der Waals surface area contributed by atoms with Crippen LogP contribution in [-0.4, -0.2) is 38.3 Å². The van der Waals surface area contributed by atoms with Gasteiger partial charge in [-0.2, -0.15) is 0 Å². The van der Waals surface area contributed by atoms with E-state index in [0.29, 0.717) is 6.04 Å². The number of likely N-dealkylation sites (N-methyl/N-ethyl adjacent to an activating group) is 1. The van der Waals surface area contributed by atoms with Gasteiger partial charge in [0.1, 0.15) is 0 Å². The van der Waals surface area contributed by atoms with E-state index < -0.39 is 0 Å². The summed E-state index contributed by atoms with van der Waals surface area (Å²) in [5.41, 5.74) is 7.92. The molecule has 0 saturated heterocycles. The molecule has 0 bridgehead atoms. The van der Waals surface area contributed by atoms with Crippen molar-refractivity contribution in [3.05, 3.63) is 29.8 Å². The molecule has 3 nitrogen and oxygen atoms in total. The fourth-order valence-electron chi connectivity index (χ4n) is 1.87. The topological polar surface area (TPSA) is 38.5 Å². The Morgan fingerprint density at radius 1 is 1.41 bits per heavy atom. The summed E-state index contributed by atoms with van der Waals surface area (Å²) in [4.78, 5) is 2.33. The normalized spacial score (nSPS) is 12.9. The summed E-state index contributed by atoms with van der Waals surface area (Å²) >= 11 is 0. The molecule has 0 aromatic heterocycles. The van der Waals surface area contributed by atoms with Gasteiger partial charge in [-0.1, -0.05) is 12.1 Å². The minimum atomic E-state index is 0.473. The van der Waals surface area contributed by atoms with E-state index in [1.807, 2.05) is 12.1 Å². The zero-order valence-electron chi connectivity index (χ0n) is 11.1. The summed E-state index contributed by atoms with van der Waals surface area (Å²) in [5.74, 6) is 0. The molecule has 1 rings (SSSR count). The smallest absolute Gasteiger partial charge is 0.0615 e. The summed E-state index contributed by atoms with van der Waals surface area (Å²) in [5, 5.41) is 0. The minimum Gasteiger partial charge on any atom is -0.399 e. The number of rotatable bonds is 7. The number of nitrogens with zero attached hydrogens (tertiary/aromatic N) is 1. The van der Waals surface area contributed by atoms with Gasteiger partial charge in [0.15, 0.2) is 0 Å². The van der Waals surface area contributed by atoms with Crippen LogP contribution in [0, 0.1) is 0 Å². The van der Waals surface area contributed by atoms with E-state index in [0.717, 1.165) is 31.7 Å². The molecule has 0 heterocycles. The van der Waals surface area contributed by atoms with Crippen molar-refractivity contribution in [2.75, 3.05) is 33.0 Å². The van der Waals surface area contributed by atoms with Crippen molar-refractivity contribution in [3.8, 4) is 0 Å². The predicted octanol–water partition coefficient (Wildman–Crippen LogP) is 2.17. The molecular formula is C14H24N2O. The lowest BCUT2D eigenvalue weighted by molar-refractivity contribution is 0.115. The van der Waals surface area contributed by atoms with Crippen molar-refractivity contribution >= 4 is 5.69 Å². The standard InChI is InChI=1S/C14H24N2O/c1-12(11-17-3)16(2)9-5-7-13-6-4-8-14(15)10-13/h4,6,8,10,12H,5,7,9,11,15H2,1-3H3. The highest BCUT2D eigenvalue weighted by atomic mass is 16.5. The number of anilines is 1. The Kier molecular flexibility index (Phi) is 6.01. The first-order valence-corrected chi connectivity index (χ1v) is 6.17. The number of hydrogen-bond acceptors (Lipinski definition) is 3. The molecule has 0 aliphatic carbocycles. The Hall–Kier alpha value is -1.06. The minimum absolute atomic E-state index is 0.473. The van der Waals surface area contributed by atoms with E-state index >= 15 is 0 Å². The van der Waals surface area contributed by atoms with Crippen LogP contribution in [-0.2, 0) is 11.2 Å². The van der Waals surface area contributed by atoms with Crippen molar-refractivity contribution in [1.29, 1.82) is 0 Å². The fraction of sp³-hybridized carbons (Fsp3) is 0.571. The molecule has 0 radical (unpaired) electrons. The van der Waals surface area contributed by atoms with E-state index in [9.17, 15) is 0 Å². The van der Waals surface area contributed by atoms with E-state index in [-0.39, 0.29) is 0 Å². The van der Waals surface area contributed by atoms with E-state index in [2.05, 4.69) is 31.0 Å². The second-order valence-corrected chi connectivity index (χ2v) is 4.63. The molecule has 1 aromatic rings. The van der Waals surface area contributed by atoms with E-state index in [1.54, 1.807) is 7.11 Å². The molecule has 0 saturated carbocycles. The molecular weight excluding hydrogens is 212 g/mol. The lowest BCUT2D eigenvalue weighted by Gasteiger charge is -2.23. The van der Waals surface area contributed by atoms with Crippen LogP contribution in [0.4, 0.5) is 5.69 Å². The van der Waals surface area contributed by atoms with Gasteiger partial charge in [0, 0.05) is 18.8 Å². The van der Waals surface area contributed by atoms with Gasteiger partial charge in [-0.05, 0) is 51.1 Å². The van der Waals surface area contributed by atoms with Gasteiger partial charge in [-0.15, -0.1) is 0 Å². The monoisotopic (exact) mass is 236 g/mol. The van der Waals surface area contributed by atoms with Crippen LogP contribution in [0.5, 0.6) is 0 Å². The zero-order valence-corrected chi connectivity index (χ0v) is 11.1. The van der Waals surface area contributed by atoms with Crippen molar-refractivity contribution in [2.45, 2.75) is 25.8 Å². The summed E-state index contributed by atoms with van der Waals surface area (Å²) in [7, 11) is 3.89. The van der Waals surface area contributed by atoms with Gasteiger partial charge in [0.25, 0.3) is 0 Å². The van der Waals surface area contributed by atoms with E-state index in [4.69, 9.17) is 10.5 Å². The fourth-order valence-corrected chi connectivity index (χ4v) is 1.87. The van der Waals surface area contributed by atoms with Gasteiger partial charge >= 0.3 is 0 Å². The van der Waals surface area contributed by atoms with Gasteiger partial charge < -0.3 is 15.4 Å². The Labute approximate surface area is 105 Å². The third kappa shape index (κ3) is 5.20. The molecule has 0 aliphatic heterocycles. The first kappa shape index (κ1) is 14.0.